The van der Waals surface area contributed by atoms with Crippen LogP contribution < -0.4 is 10.2 Å². The quantitative estimate of drug-likeness (QED) is 0.919. The van der Waals surface area contributed by atoms with Crippen LogP contribution in [0.3, 0.4) is 0 Å². The van der Waals surface area contributed by atoms with Crippen LogP contribution >= 0.6 is 11.3 Å². The van der Waals surface area contributed by atoms with E-state index >= 15 is 0 Å². The fourth-order valence-corrected chi connectivity index (χ4v) is 4.35. The predicted molar refractivity (Wildman–Crippen MR) is 94.3 cm³/mol. The van der Waals surface area contributed by atoms with Crippen molar-refractivity contribution in [2.75, 3.05) is 31.1 Å². The van der Waals surface area contributed by atoms with E-state index in [9.17, 15) is 4.79 Å². The lowest BCUT2D eigenvalue weighted by molar-refractivity contribution is -0.126. The topological polar surface area (TPSA) is 67.3 Å². The molecule has 0 spiro atoms. The zero-order valence-electron chi connectivity index (χ0n) is 13.6. The Morgan fingerprint density at radius 1 is 1.38 bits per heavy atom. The van der Waals surface area contributed by atoms with Gasteiger partial charge in [0.15, 0.2) is 5.13 Å². The minimum atomic E-state index is 0.107. The molecule has 128 valence electrons. The van der Waals surface area contributed by atoms with Crippen molar-refractivity contribution in [1.29, 1.82) is 0 Å². The molecule has 0 bridgehead atoms. The van der Waals surface area contributed by atoms with Gasteiger partial charge in [0.2, 0.25) is 5.91 Å². The second kappa shape index (κ2) is 7.03. The van der Waals surface area contributed by atoms with Crippen molar-refractivity contribution < 1.29 is 9.53 Å². The van der Waals surface area contributed by atoms with Gasteiger partial charge in [-0.2, -0.15) is 0 Å². The predicted octanol–water partition coefficient (Wildman–Crippen LogP) is 2.20. The lowest BCUT2D eigenvalue weighted by Crippen LogP contribution is -2.42. The van der Waals surface area contributed by atoms with Crippen molar-refractivity contribution in [3.63, 3.8) is 0 Å². The molecule has 2 fully saturated rings. The fourth-order valence-electron chi connectivity index (χ4n) is 3.39. The second-order valence-corrected chi connectivity index (χ2v) is 7.42. The number of carbonyl (C=O) groups excluding carboxylic acids is 1. The highest BCUT2D eigenvalue weighted by atomic mass is 32.1. The molecule has 24 heavy (non-hydrogen) atoms. The van der Waals surface area contributed by atoms with Gasteiger partial charge in [0, 0.05) is 38.4 Å². The van der Waals surface area contributed by atoms with Gasteiger partial charge in [-0.05, 0) is 37.8 Å². The molecule has 1 atom stereocenters. The maximum absolute atomic E-state index is 12.3. The van der Waals surface area contributed by atoms with Gasteiger partial charge in [-0.1, -0.05) is 11.3 Å². The molecule has 0 unspecified atom stereocenters. The van der Waals surface area contributed by atoms with Gasteiger partial charge in [0.05, 0.1) is 6.10 Å². The van der Waals surface area contributed by atoms with Crippen molar-refractivity contribution in [3.05, 3.63) is 18.3 Å². The number of aromatic nitrogens is 2. The molecule has 2 aromatic heterocycles. The molecule has 1 amide bonds. The first-order chi connectivity index (χ1) is 11.8. The van der Waals surface area contributed by atoms with Gasteiger partial charge in [-0.3, -0.25) is 4.79 Å². The zero-order chi connectivity index (χ0) is 16.4. The Hall–Kier alpha value is -1.73. The number of fused-ring (bicyclic) bond motifs is 1. The first kappa shape index (κ1) is 15.8. The highest BCUT2D eigenvalue weighted by Gasteiger charge is 2.27. The minimum Gasteiger partial charge on any atom is -0.376 e. The molecule has 4 heterocycles. The normalized spacial score (nSPS) is 22.2. The third kappa shape index (κ3) is 3.37. The number of amides is 1. The third-order valence-corrected chi connectivity index (χ3v) is 5.86. The van der Waals surface area contributed by atoms with Crippen LogP contribution in [0.2, 0.25) is 0 Å². The van der Waals surface area contributed by atoms with E-state index in [0.29, 0.717) is 6.54 Å². The number of rotatable bonds is 4. The van der Waals surface area contributed by atoms with Crippen molar-refractivity contribution in [1.82, 2.24) is 15.3 Å². The zero-order valence-corrected chi connectivity index (χ0v) is 14.4. The van der Waals surface area contributed by atoms with Gasteiger partial charge < -0.3 is 15.0 Å². The van der Waals surface area contributed by atoms with Gasteiger partial charge in [-0.25, -0.2) is 9.97 Å². The number of nitrogens with zero attached hydrogens (tertiary/aromatic N) is 3. The average Bonchev–Trinajstić information content (AvgIpc) is 3.29. The van der Waals surface area contributed by atoms with Crippen molar-refractivity contribution in [2.24, 2.45) is 5.92 Å². The van der Waals surface area contributed by atoms with E-state index in [1.165, 1.54) is 0 Å². The Kier molecular flexibility index (Phi) is 4.62. The van der Waals surface area contributed by atoms with Crippen LogP contribution in [0.25, 0.3) is 10.3 Å². The van der Waals surface area contributed by atoms with E-state index in [1.54, 1.807) is 17.5 Å². The number of nitrogens with one attached hydrogen (secondary N) is 1. The summed E-state index contributed by atoms with van der Waals surface area (Å²) in [5.74, 6) is 0.284. The van der Waals surface area contributed by atoms with E-state index < -0.39 is 0 Å². The number of carbonyl (C=O) groups is 1. The van der Waals surface area contributed by atoms with Crippen LogP contribution in [0, 0.1) is 5.92 Å². The van der Waals surface area contributed by atoms with E-state index in [2.05, 4.69) is 20.2 Å². The van der Waals surface area contributed by atoms with Gasteiger partial charge in [0.25, 0.3) is 0 Å². The molecule has 7 heteroatoms. The molecule has 0 aromatic carbocycles. The van der Waals surface area contributed by atoms with E-state index in [4.69, 9.17) is 4.74 Å². The number of thiazole rings is 1. The van der Waals surface area contributed by atoms with Crippen molar-refractivity contribution >= 4 is 32.7 Å². The molecular weight excluding hydrogens is 324 g/mol. The molecule has 2 saturated heterocycles. The van der Waals surface area contributed by atoms with E-state index in [-0.39, 0.29) is 17.9 Å². The molecule has 0 aliphatic carbocycles. The summed E-state index contributed by atoms with van der Waals surface area (Å²) in [4.78, 5) is 24.6. The molecule has 2 aliphatic heterocycles. The number of piperidine rings is 1. The van der Waals surface area contributed by atoms with Crippen LogP contribution in [0.4, 0.5) is 5.13 Å². The Bertz CT molecular complexity index is 672. The summed E-state index contributed by atoms with van der Waals surface area (Å²) in [6, 6.07) is 3.91. The van der Waals surface area contributed by atoms with Gasteiger partial charge in [-0.15, -0.1) is 0 Å². The molecule has 4 rings (SSSR count). The van der Waals surface area contributed by atoms with Crippen LogP contribution in [0.1, 0.15) is 25.7 Å². The van der Waals surface area contributed by atoms with Crippen LogP contribution in [-0.2, 0) is 9.53 Å². The number of hydrogen-bond acceptors (Lipinski definition) is 6. The lowest BCUT2D eigenvalue weighted by atomic mass is 9.96. The molecule has 2 aliphatic rings. The van der Waals surface area contributed by atoms with Gasteiger partial charge >= 0.3 is 0 Å². The number of anilines is 1. The summed E-state index contributed by atoms with van der Waals surface area (Å²) >= 11 is 1.63. The smallest absolute Gasteiger partial charge is 0.223 e. The fraction of sp³-hybridized carbons (Fsp3) is 0.588. The molecule has 0 radical (unpaired) electrons. The average molecular weight is 346 g/mol. The second-order valence-electron chi connectivity index (χ2n) is 6.47. The highest BCUT2D eigenvalue weighted by Crippen LogP contribution is 2.30. The summed E-state index contributed by atoms with van der Waals surface area (Å²) in [6.07, 6.45) is 5.93. The third-order valence-electron chi connectivity index (χ3n) is 4.82. The van der Waals surface area contributed by atoms with Crippen molar-refractivity contribution in [2.45, 2.75) is 31.8 Å². The largest absolute Gasteiger partial charge is 0.376 e. The minimum absolute atomic E-state index is 0.107. The first-order valence-corrected chi connectivity index (χ1v) is 9.47. The van der Waals surface area contributed by atoms with Crippen molar-refractivity contribution in [3.8, 4) is 0 Å². The van der Waals surface area contributed by atoms with Gasteiger partial charge in [0.1, 0.15) is 10.3 Å². The molecule has 0 saturated carbocycles. The maximum Gasteiger partial charge on any atom is 0.223 e. The lowest BCUT2D eigenvalue weighted by Gasteiger charge is -2.31. The maximum atomic E-state index is 12.3. The SMILES string of the molecule is O=C(NC[C@@H]1CCCO1)C1CCN(c2nc3cccnc3s2)CC1. The number of pyridine rings is 1. The summed E-state index contributed by atoms with van der Waals surface area (Å²) in [6.45, 7) is 3.23. The van der Waals surface area contributed by atoms with Crippen LogP contribution in [0.15, 0.2) is 18.3 Å². The highest BCUT2D eigenvalue weighted by molar-refractivity contribution is 7.21. The summed E-state index contributed by atoms with van der Waals surface area (Å²) in [5, 5.41) is 4.08. The van der Waals surface area contributed by atoms with E-state index in [0.717, 1.165) is 60.9 Å². The monoisotopic (exact) mass is 346 g/mol. The van der Waals surface area contributed by atoms with Crippen LogP contribution in [-0.4, -0.2) is 48.2 Å². The summed E-state index contributed by atoms with van der Waals surface area (Å²) in [7, 11) is 0. The number of ether oxygens (including phenoxy) is 1. The summed E-state index contributed by atoms with van der Waals surface area (Å²) in [5.41, 5.74) is 0.953. The molecule has 2 aromatic rings. The molecule has 6 nitrogen and oxygen atoms in total. The van der Waals surface area contributed by atoms with E-state index in [1.807, 2.05) is 12.1 Å². The van der Waals surface area contributed by atoms with Crippen LogP contribution in [0.5, 0.6) is 0 Å². The Morgan fingerprint density at radius 2 is 2.25 bits per heavy atom. The molecule has 1 N–H and O–H groups in total. The summed E-state index contributed by atoms with van der Waals surface area (Å²) < 4.78 is 5.56. The Morgan fingerprint density at radius 3 is 3.00 bits per heavy atom. The molecular formula is C17H22N4O2S. The Balaban J connectivity index is 1.30. The Labute approximate surface area is 145 Å². The number of hydrogen-bond donors (Lipinski definition) is 1. The first-order valence-electron chi connectivity index (χ1n) is 8.65. The standard InChI is InChI=1S/C17H22N4O2S/c22-15(19-11-13-3-2-10-23-13)12-5-8-21(9-6-12)17-20-14-4-1-7-18-16(14)24-17/h1,4,7,12-13H,2-3,5-6,8-11H2,(H,19,22)/t13-/m0/s1.